The summed E-state index contributed by atoms with van der Waals surface area (Å²) >= 11 is 0. The summed E-state index contributed by atoms with van der Waals surface area (Å²) in [6.07, 6.45) is 1.52. The van der Waals surface area contributed by atoms with Crippen LogP contribution in [0.5, 0.6) is 11.5 Å². The summed E-state index contributed by atoms with van der Waals surface area (Å²) in [5.41, 5.74) is 0.684. The third-order valence-corrected chi connectivity index (χ3v) is 3.65. The van der Waals surface area contributed by atoms with Crippen molar-refractivity contribution in [2.45, 2.75) is 0 Å². The van der Waals surface area contributed by atoms with E-state index in [4.69, 9.17) is 14.2 Å². The van der Waals surface area contributed by atoms with Crippen molar-refractivity contribution in [1.29, 1.82) is 0 Å². The summed E-state index contributed by atoms with van der Waals surface area (Å²) in [6.45, 7) is 0.150. The molecule has 0 unspecified atom stereocenters. The van der Waals surface area contributed by atoms with E-state index in [0.717, 1.165) is 0 Å². The highest BCUT2D eigenvalue weighted by Gasteiger charge is 2.29. The number of hydrogen-bond donors (Lipinski definition) is 0. The van der Waals surface area contributed by atoms with Gasteiger partial charge < -0.3 is 14.2 Å². The van der Waals surface area contributed by atoms with Crippen LogP contribution < -0.4 is 9.47 Å². The molecule has 0 radical (unpaired) electrons. The van der Waals surface area contributed by atoms with Crippen molar-refractivity contribution in [3.05, 3.63) is 69.4 Å². The van der Waals surface area contributed by atoms with Crippen molar-refractivity contribution in [3.8, 4) is 11.5 Å². The van der Waals surface area contributed by atoms with Gasteiger partial charge in [-0.1, -0.05) is 18.2 Å². The lowest BCUT2D eigenvalue weighted by molar-refractivity contribution is -0.385. The smallest absolute Gasteiger partial charge is 0.363 e. The van der Waals surface area contributed by atoms with Gasteiger partial charge in [0.05, 0.1) is 4.92 Å². The highest BCUT2D eigenvalue weighted by atomic mass is 16.7. The van der Waals surface area contributed by atoms with Gasteiger partial charge >= 0.3 is 5.97 Å². The highest BCUT2D eigenvalue weighted by molar-refractivity contribution is 6.14. The molecule has 2 aromatic carbocycles. The Labute approximate surface area is 141 Å². The zero-order valence-corrected chi connectivity index (χ0v) is 12.7. The largest absolute Gasteiger partial charge is 0.454 e. The molecule has 0 aromatic heterocycles. The number of carbonyl (C=O) groups is 1. The molecule has 4 rings (SSSR count). The topological polar surface area (TPSA) is 100 Å². The van der Waals surface area contributed by atoms with Crippen molar-refractivity contribution in [2.24, 2.45) is 4.99 Å². The van der Waals surface area contributed by atoms with Crippen LogP contribution in [0.3, 0.4) is 0 Å². The predicted octanol–water partition coefficient (Wildman–Crippen LogP) is 2.67. The van der Waals surface area contributed by atoms with Crippen molar-refractivity contribution >= 4 is 23.6 Å². The molecule has 2 aliphatic rings. The second kappa shape index (κ2) is 5.75. The number of aliphatic imine (C=N–C) groups is 1. The molecule has 0 saturated carbocycles. The molecule has 25 heavy (non-hydrogen) atoms. The molecule has 0 saturated heterocycles. The number of para-hydroxylation sites is 1. The Morgan fingerprint density at radius 1 is 1.12 bits per heavy atom. The first kappa shape index (κ1) is 14.9. The third-order valence-electron chi connectivity index (χ3n) is 3.65. The fourth-order valence-corrected chi connectivity index (χ4v) is 2.50. The van der Waals surface area contributed by atoms with E-state index in [1.54, 1.807) is 24.3 Å². The summed E-state index contributed by atoms with van der Waals surface area (Å²) in [4.78, 5) is 26.7. The van der Waals surface area contributed by atoms with Gasteiger partial charge in [-0.05, 0) is 29.8 Å². The van der Waals surface area contributed by atoms with Gasteiger partial charge in [0.15, 0.2) is 17.2 Å². The highest BCUT2D eigenvalue weighted by Crippen LogP contribution is 2.33. The Hall–Kier alpha value is -3.68. The van der Waals surface area contributed by atoms with Gasteiger partial charge in [0.25, 0.3) is 5.69 Å². The van der Waals surface area contributed by atoms with E-state index in [0.29, 0.717) is 17.1 Å². The van der Waals surface area contributed by atoms with Gasteiger partial charge in [-0.25, -0.2) is 9.79 Å². The minimum atomic E-state index is -0.675. The first-order valence-corrected chi connectivity index (χ1v) is 7.28. The van der Waals surface area contributed by atoms with E-state index in [-0.39, 0.29) is 29.6 Å². The van der Waals surface area contributed by atoms with Crippen LogP contribution in [0.2, 0.25) is 0 Å². The zero-order chi connectivity index (χ0) is 17.4. The number of carbonyl (C=O) groups excluding carboxylic acids is 1. The Balaban J connectivity index is 1.70. The number of nitro benzene ring substituents is 1. The molecular weight excluding hydrogens is 328 g/mol. The molecule has 8 heteroatoms. The van der Waals surface area contributed by atoms with Crippen molar-refractivity contribution < 1.29 is 23.9 Å². The molecule has 0 atom stereocenters. The second-order valence-electron chi connectivity index (χ2n) is 5.22. The maximum absolute atomic E-state index is 12.0. The van der Waals surface area contributed by atoms with Crippen LogP contribution >= 0.6 is 0 Å². The molecule has 2 heterocycles. The summed E-state index contributed by atoms with van der Waals surface area (Å²) < 4.78 is 15.6. The number of fused-ring (bicyclic) bond motifs is 1. The lowest BCUT2D eigenvalue weighted by atomic mass is 10.1. The second-order valence-corrected chi connectivity index (χ2v) is 5.22. The maximum atomic E-state index is 12.0. The van der Waals surface area contributed by atoms with Gasteiger partial charge in [0.2, 0.25) is 12.7 Å². The van der Waals surface area contributed by atoms with Crippen LogP contribution in [0, 0.1) is 10.1 Å². The summed E-state index contributed by atoms with van der Waals surface area (Å²) in [6, 6.07) is 11.1. The van der Waals surface area contributed by atoms with Gasteiger partial charge in [0.1, 0.15) is 5.56 Å². The fraction of sp³-hybridized carbons (Fsp3) is 0.0588. The number of benzene rings is 2. The first-order chi connectivity index (χ1) is 12.1. The number of hydrogen-bond acceptors (Lipinski definition) is 7. The monoisotopic (exact) mass is 338 g/mol. The SMILES string of the molecule is O=C1OC(c2ccccc2[N+](=O)[O-])=N/C1=C/c1ccc2c(c1)OCO2. The average Bonchev–Trinajstić information content (AvgIpc) is 3.21. The van der Waals surface area contributed by atoms with E-state index in [9.17, 15) is 14.9 Å². The number of ether oxygens (including phenoxy) is 3. The standard InChI is InChI=1S/C17H10N2O6/c20-17-12(7-10-5-6-14-15(8-10)24-9-23-14)18-16(25-17)11-3-1-2-4-13(11)19(21)22/h1-8H,9H2/b12-7+. The normalized spacial score (nSPS) is 16.7. The number of cyclic esters (lactones) is 1. The van der Waals surface area contributed by atoms with Crippen molar-refractivity contribution in [2.75, 3.05) is 6.79 Å². The van der Waals surface area contributed by atoms with Crippen LogP contribution in [0.15, 0.2) is 53.2 Å². The molecular formula is C17H10N2O6. The fourth-order valence-electron chi connectivity index (χ4n) is 2.50. The Morgan fingerprint density at radius 2 is 1.92 bits per heavy atom. The Morgan fingerprint density at radius 3 is 2.76 bits per heavy atom. The van der Waals surface area contributed by atoms with Gasteiger partial charge in [-0.15, -0.1) is 0 Å². The molecule has 8 nitrogen and oxygen atoms in total. The number of nitrogens with zero attached hydrogens (tertiary/aromatic N) is 2. The van der Waals surface area contributed by atoms with E-state index < -0.39 is 10.9 Å². The van der Waals surface area contributed by atoms with Gasteiger partial charge in [0, 0.05) is 6.07 Å². The Kier molecular flexibility index (Phi) is 3.42. The van der Waals surface area contributed by atoms with Crippen LogP contribution in [0.1, 0.15) is 11.1 Å². The Bertz CT molecular complexity index is 963. The number of rotatable bonds is 3. The van der Waals surface area contributed by atoms with Crippen LogP contribution in [-0.2, 0) is 9.53 Å². The summed E-state index contributed by atoms with van der Waals surface area (Å²) in [5, 5.41) is 11.1. The molecule has 0 fully saturated rings. The zero-order valence-electron chi connectivity index (χ0n) is 12.7. The van der Waals surface area contributed by atoms with E-state index >= 15 is 0 Å². The summed E-state index contributed by atoms with van der Waals surface area (Å²) in [5.74, 6) is 0.430. The number of esters is 1. The van der Waals surface area contributed by atoms with Crippen molar-refractivity contribution in [1.82, 2.24) is 0 Å². The predicted molar refractivity (Wildman–Crippen MR) is 86.3 cm³/mol. The van der Waals surface area contributed by atoms with E-state index in [1.165, 1.54) is 24.3 Å². The molecule has 2 aromatic rings. The molecule has 0 amide bonds. The van der Waals surface area contributed by atoms with Crippen LogP contribution in [0.4, 0.5) is 5.69 Å². The lowest BCUT2D eigenvalue weighted by Gasteiger charge is -2.00. The molecule has 0 aliphatic carbocycles. The lowest BCUT2D eigenvalue weighted by Crippen LogP contribution is -2.07. The minimum absolute atomic E-state index is 0.0482. The third kappa shape index (κ3) is 2.69. The molecule has 0 spiro atoms. The molecule has 124 valence electrons. The minimum Gasteiger partial charge on any atom is -0.454 e. The average molecular weight is 338 g/mol. The maximum Gasteiger partial charge on any atom is 0.363 e. The summed E-state index contributed by atoms with van der Waals surface area (Å²) in [7, 11) is 0. The van der Waals surface area contributed by atoms with E-state index in [1.807, 2.05) is 0 Å². The first-order valence-electron chi connectivity index (χ1n) is 7.28. The van der Waals surface area contributed by atoms with E-state index in [2.05, 4.69) is 4.99 Å². The molecule has 0 bridgehead atoms. The molecule has 0 N–H and O–H groups in total. The molecule has 2 aliphatic heterocycles. The number of nitro groups is 1. The van der Waals surface area contributed by atoms with Gasteiger partial charge in [-0.3, -0.25) is 10.1 Å². The quantitative estimate of drug-likeness (QED) is 0.369. The van der Waals surface area contributed by atoms with Crippen LogP contribution in [0.25, 0.3) is 6.08 Å². The van der Waals surface area contributed by atoms with Crippen molar-refractivity contribution in [3.63, 3.8) is 0 Å². The van der Waals surface area contributed by atoms with Crippen LogP contribution in [-0.4, -0.2) is 23.6 Å². The van der Waals surface area contributed by atoms with Gasteiger partial charge in [-0.2, -0.15) is 0 Å².